The van der Waals surface area contributed by atoms with Crippen molar-refractivity contribution in [2.75, 3.05) is 26.9 Å². The third-order valence-electron chi connectivity index (χ3n) is 2.37. The molecule has 0 aliphatic heterocycles. The van der Waals surface area contributed by atoms with Gasteiger partial charge >= 0.3 is 6.18 Å². The van der Waals surface area contributed by atoms with Crippen molar-refractivity contribution in [3.63, 3.8) is 0 Å². The van der Waals surface area contributed by atoms with E-state index in [1.807, 2.05) is 6.07 Å². The van der Waals surface area contributed by atoms with Crippen LogP contribution in [0.4, 0.5) is 13.2 Å². The van der Waals surface area contributed by atoms with Gasteiger partial charge in [0.1, 0.15) is 18.1 Å². The van der Waals surface area contributed by atoms with Gasteiger partial charge in [0.25, 0.3) is 0 Å². The fraction of sp³-hybridized carbons (Fsp3) is 0.538. The molecule has 20 heavy (non-hydrogen) atoms. The second-order valence-electron chi connectivity index (χ2n) is 3.98. The highest BCUT2D eigenvalue weighted by atomic mass is 79.9. The van der Waals surface area contributed by atoms with Gasteiger partial charge < -0.3 is 14.2 Å². The highest BCUT2D eigenvalue weighted by Gasteiger charge is 2.27. The standard InChI is InChI=1S/C13H16BrF3O3/c1-18-11-3-4-12(10(7-11)8-14)20-6-2-5-19-9-13(15,16)17/h3-4,7H,2,5-6,8-9H2,1H3. The van der Waals surface area contributed by atoms with Crippen LogP contribution in [0.2, 0.25) is 0 Å². The van der Waals surface area contributed by atoms with E-state index < -0.39 is 12.8 Å². The molecular formula is C13H16BrF3O3. The first-order valence-electron chi connectivity index (χ1n) is 5.96. The number of hydrogen-bond donors (Lipinski definition) is 0. The van der Waals surface area contributed by atoms with E-state index in [-0.39, 0.29) is 6.61 Å². The van der Waals surface area contributed by atoms with Gasteiger partial charge in [0.05, 0.1) is 20.3 Å². The number of benzene rings is 1. The van der Waals surface area contributed by atoms with Gasteiger partial charge in [-0.1, -0.05) is 15.9 Å². The predicted molar refractivity (Wildman–Crippen MR) is 72.6 cm³/mol. The lowest BCUT2D eigenvalue weighted by Gasteiger charge is -2.12. The van der Waals surface area contributed by atoms with E-state index in [0.29, 0.717) is 24.1 Å². The minimum absolute atomic E-state index is 0.0132. The molecule has 114 valence electrons. The molecule has 0 saturated heterocycles. The second kappa shape index (κ2) is 8.36. The van der Waals surface area contributed by atoms with E-state index in [0.717, 1.165) is 11.3 Å². The van der Waals surface area contributed by atoms with Crippen molar-refractivity contribution in [1.82, 2.24) is 0 Å². The van der Waals surface area contributed by atoms with Crippen molar-refractivity contribution in [2.24, 2.45) is 0 Å². The lowest BCUT2D eigenvalue weighted by atomic mass is 10.2. The van der Waals surface area contributed by atoms with Crippen molar-refractivity contribution in [1.29, 1.82) is 0 Å². The molecule has 0 radical (unpaired) electrons. The fourth-order valence-corrected chi connectivity index (χ4v) is 1.90. The maximum atomic E-state index is 11.8. The van der Waals surface area contributed by atoms with Gasteiger partial charge in [-0.2, -0.15) is 13.2 Å². The SMILES string of the molecule is COc1ccc(OCCCOCC(F)(F)F)c(CBr)c1. The molecule has 7 heteroatoms. The van der Waals surface area contributed by atoms with Crippen LogP contribution in [0, 0.1) is 0 Å². The lowest BCUT2D eigenvalue weighted by Crippen LogP contribution is -2.18. The van der Waals surface area contributed by atoms with Crippen molar-refractivity contribution in [3.05, 3.63) is 23.8 Å². The zero-order valence-corrected chi connectivity index (χ0v) is 12.6. The molecule has 1 rings (SSSR count). The average molecular weight is 357 g/mol. The third kappa shape index (κ3) is 6.47. The van der Waals surface area contributed by atoms with E-state index in [1.54, 1.807) is 19.2 Å². The molecule has 0 N–H and O–H groups in total. The molecule has 1 aromatic rings. The van der Waals surface area contributed by atoms with E-state index >= 15 is 0 Å². The number of ether oxygens (including phenoxy) is 3. The molecule has 0 bridgehead atoms. The molecule has 0 atom stereocenters. The Morgan fingerprint density at radius 3 is 2.55 bits per heavy atom. The highest BCUT2D eigenvalue weighted by molar-refractivity contribution is 9.08. The molecule has 1 aromatic carbocycles. The van der Waals surface area contributed by atoms with E-state index in [9.17, 15) is 13.2 Å². The smallest absolute Gasteiger partial charge is 0.411 e. The van der Waals surface area contributed by atoms with Gasteiger partial charge in [-0.25, -0.2) is 0 Å². The summed E-state index contributed by atoms with van der Waals surface area (Å²) in [6.45, 7) is -0.911. The minimum atomic E-state index is -4.28. The van der Waals surface area contributed by atoms with Crippen LogP contribution in [0.3, 0.4) is 0 Å². The summed E-state index contributed by atoms with van der Waals surface area (Å²) in [5.74, 6) is 1.40. The summed E-state index contributed by atoms with van der Waals surface area (Å²) < 4.78 is 50.6. The van der Waals surface area contributed by atoms with E-state index in [1.165, 1.54) is 0 Å². The molecule has 0 spiro atoms. The summed E-state index contributed by atoms with van der Waals surface area (Å²) in [5.41, 5.74) is 0.917. The van der Waals surface area contributed by atoms with Crippen LogP contribution in [0.15, 0.2) is 18.2 Å². The van der Waals surface area contributed by atoms with Gasteiger partial charge in [0, 0.05) is 17.3 Å². The van der Waals surface area contributed by atoms with Crippen molar-refractivity contribution in [2.45, 2.75) is 17.9 Å². The van der Waals surface area contributed by atoms with Gasteiger partial charge in [-0.15, -0.1) is 0 Å². The molecule has 0 saturated carbocycles. The van der Waals surface area contributed by atoms with Gasteiger partial charge in [0.2, 0.25) is 0 Å². The van der Waals surface area contributed by atoms with Crippen molar-refractivity contribution >= 4 is 15.9 Å². The Bertz CT molecular complexity index is 410. The first-order valence-corrected chi connectivity index (χ1v) is 7.08. The molecule has 0 heterocycles. The average Bonchev–Trinajstić information content (AvgIpc) is 2.41. The summed E-state index contributed by atoms with van der Waals surface area (Å²) >= 11 is 3.34. The van der Waals surface area contributed by atoms with Crippen molar-refractivity contribution in [3.8, 4) is 11.5 Å². The third-order valence-corrected chi connectivity index (χ3v) is 2.97. The zero-order chi connectivity index (χ0) is 15.0. The molecule has 0 fully saturated rings. The predicted octanol–water partition coefficient (Wildman–Crippen LogP) is 3.94. The second-order valence-corrected chi connectivity index (χ2v) is 4.54. The van der Waals surface area contributed by atoms with Crippen LogP contribution in [0.25, 0.3) is 0 Å². The molecule has 0 aromatic heterocycles. The number of methoxy groups -OCH3 is 1. The monoisotopic (exact) mass is 356 g/mol. The number of hydrogen-bond acceptors (Lipinski definition) is 3. The Hall–Kier alpha value is -0.950. The zero-order valence-electron chi connectivity index (χ0n) is 11.0. The Labute approximate surface area is 124 Å². The number of rotatable bonds is 8. The Morgan fingerprint density at radius 1 is 1.20 bits per heavy atom. The maximum Gasteiger partial charge on any atom is 0.411 e. The van der Waals surface area contributed by atoms with Crippen LogP contribution >= 0.6 is 15.9 Å². The molecular weight excluding hydrogens is 341 g/mol. The van der Waals surface area contributed by atoms with E-state index in [4.69, 9.17) is 9.47 Å². The normalized spacial score (nSPS) is 11.4. The molecule has 0 unspecified atom stereocenters. The van der Waals surface area contributed by atoms with Crippen molar-refractivity contribution < 1.29 is 27.4 Å². The number of halogens is 4. The Balaban J connectivity index is 2.31. The maximum absolute atomic E-state index is 11.8. The minimum Gasteiger partial charge on any atom is -0.497 e. The molecule has 0 aliphatic carbocycles. The first-order chi connectivity index (χ1) is 9.46. The van der Waals surface area contributed by atoms with E-state index in [2.05, 4.69) is 20.7 Å². The Morgan fingerprint density at radius 2 is 1.95 bits per heavy atom. The largest absolute Gasteiger partial charge is 0.497 e. The van der Waals surface area contributed by atoms with Gasteiger partial charge in [-0.05, 0) is 18.2 Å². The van der Waals surface area contributed by atoms with Crippen LogP contribution in [-0.2, 0) is 10.1 Å². The quantitative estimate of drug-likeness (QED) is 0.521. The summed E-state index contributed by atoms with van der Waals surface area (Å²) in [4.78, 5) is 0. The molecule has 3 nitrogen and oxygen atoms in total. The van der Waals surface area contributed by atoms with Crippen LogP contribution in [0.5, 0.6) is 11.5 Å². The fourth-order valence-electron chi connectivity index (χ4n) is 1.46. The summed E-state index contributed by atoms with van der Waals surface area (Å²) in [5, 5.41) is 0.601. The summed E-state index contributed by atoms with van der Waals surface area (Å²) in [7, 11) is 1.58. The first kappa shape index (κ1) is 17.1. The topological polar surface area (TPSA) is 27.7 Å². The summed E-state index contributed by atoms with van der Waals surface area (Å²) in [6, 6.07) is 5.37. The number of alkyl halides is 4. The molecule has 0 aliphatic rings. The molecule has 0 amide bonds. The van der Waals surface area contributed by atoms with Crippen LogP contribution in [-0.4, -0.2) is 33.1 Å². The van der Waals surface area contributed by atoms with Crippen LogP contribution < -0.4 is 9.47 Å². The van der Waals surface area contributed by atoms with Gasteiger partial charge in [0.15, 0.2) is 0 Å². The highest BCUT2D eigenvalue weighted by Crippen LogP contribution is 2.26. The summed E-state index contributed by atoms with van der Waals surface area (Å²) in [6.07, 6.45) is -3.89. The van der Waals surface area contributed by atoms with Crippen LogP contribution in [0.1, 0.15) is 12.0 Å². The van der Waals surface area contributed by atoms with Gasteiger partial charge in [-0.3, -0.25) is 0 Å². The lowest BCUT2D eigenvalue weighted by molar-refractivity contribution is -0.174. The Kier molecular flexibility index (Phi) is 7.15.